The molecule has 0 atom stereocenters. The van der Waals surface area contributed by atoms with Crippen molar-refractivity contribution in [3.05, 3.63) is 82.9 Å². The van der Waals surface area contributed by atoms with Crippen LogP contribution in [0.3, 0.4) is 0 Å². The summed E-state index contributed by atoms with van der Waals surface area (Å²) in [6, 6.07) is 18.7. The van der Waals surface area contributed by atoms with Gasteiger partial charge in [-0.25, -0.2) is 5.48 Å². The minimum absolute atomic E-state index is 0.230. The molecule has 2 amide bonds. The topological polar surface area (TPSA) is 125 Å². The highest BCUT2D eigenvalue weighted by atomic mass is 16.5. The number of aryl methyl sites for hydroxylation is 1. The van der Waals surface area contributed by atoms with Crippen LogP contribution < -0.4 is 21.1 Å². The number of hydroxylamine groups is 1. The van der Waals surface area contributed by atoms with Crippen molar-refractivity contribution in [2.24, 2.45) is 7.05 Å². The summed E-state index contributed by atoms with van der Waals surface area (Å²) < 4.78 is 7.63. The molecular weight excluding hydrogens is 472 g/mol. The highest BCUT2D eigenvalue weighted by Crippen LogP contribution is 2.36. The van der Waals surface area contributed by atoms with Gasteiger partial charge in [0.05, 0.1) is 0 Å². The van der Waals surface area contributed by atoms with E-state index >= 15 is 0 Å². The number of unbranched alkanes of at least 4 members (excludes halogenated alkanes) is 3. The minimum atomic E-state index is -0.396. The zero-order valence-electron chi connectivity index (χ0n) is 20.6. The lowest BCUT2D eigenvalue weighted by molar-refractivity contribution is -0.129. The number of para-hydroxylation sites is 2. The molecule has 0 fully saturated rings. The van der Waals surface area contributed by atoms with E-state index in [4.69, 9.17) is 9.94 Å². The molecule has 0 saturated heterocycles. The standard InChI is InChI=1S/C28H30N4O5/c1-32-18-22(20-13-8-9-14-24(20)37-19-11-5-4-6-12-19)21-17-23(30-26(21)28(32)35)27(34)29-16-10-3-2-7-15-25(33)31-36/h4-6,8-9,11-14,17-18,30,36H,2-3,7,10,15-16H2,1H3,(H,29,34)(H,31,33). The SMILES string of the molecule is Cn1cc(-c2ccccc2Oc2ccccc2)c2cc(C(=O)NCCCCCCC(=O)NO)[nH]c2c1=O. The van der Waals surface area contributed by atoms with Gasteiger partial charge in [-0.15, -0.1) is 0 Å². The van der Waals surface area contributed by atoms with Gasteiger partial charge in [-0.05, 0) is 37.1 Å². The van der Waals surface area contributed by atoms with Crippen LogP contribution in [0.1, 0.15) is 42.6 Å². The third-order valence-corrected chi connectivity index (χ3v) is 6.10. The molecule has 0 aliphatic carbocycles. The average Bonchev–Trinajstić information content (AvgIpc) is 3.37. The lowest BCUT2D eigenvalue weighted by atomic mass is 10.0. The zero-order valence-corrected chi connectivity index (χ0v) is 20.6. The van der Waals surface area contributed by atoms with Crippen LogP contribution in [0.4, 0.5) is 0 Å². The monoisotopic (exact) mass is 502 g/mol. The summed E-state index contributed by atoms with van der Waals surface area (Å²) in [6.07, 6.45) is 5.11. The van der Waals surface area contributed by atoms with Gasteiger partial charge in [-0.1, -0.05) is 49.2 Å². The number of hydrogen-bond donors (Lipinski definition) is 4. The first-order valence-corrected chi connectivity index (χ1v) is 12.2. The number of H-pyrrole nitrogens is 1. The number of ether oxygens (including phenoxy) is 1. The maximum absolute atomic E-state index is 12.9. The highest BCUT2D eigenvalue weighted by molar-refractivity contribution is 6.03. The zero-order chi connectivity index (χ0) is 26.2. The summed E-state index contributed by atoms with van der Waals surface area (Å²) in [7, 11) is 1.68. The van der Waals surface area contributed by atoms with Crippen LogP contribution in [0.25, 0.3) is 22.0 Å². The van der Waals surface area contributed by atoms with Crippen molar-refractivity contribution < 1.29 is 19.5 Å². The molecule has 0 aliphatic rings. The van der Waals surface area contributed by atoms with E-state index in [2.05, 4.69) is 10.3 Å². The van der Waals surface area contributed by atoms with Crippen LogP contribution in [-0.4, -0.2) is 33.1 Å². The fraction of sp³-hybridized carbons (Fsp3) is 0.250. The third-order valence-electron chi connectivity index (χ3n) is 6.10. The molecule has 37 heavy (non-hydrogen) atoms. The van der Waals surface area contributed by atoms with Crippen LogP contribution >= 0.6 is 0 Å². The van der Waals surface area contributed by atoms with Crippen molar-refractivity contribution in [1.82, 2.24) is 20.3 Å². The Morgan fingerprint density at radius 2 is 1.70 bits per heavy atom. The van der Waals surface area contributed by atoms with Gasteiger partial charge in [-0.2, -0.15) is 0 Å². The van der Waals surface area contributed by atoms with E-state index in [1.165, 1.54) is 4.57 Å². The molecule has 0 unspecified atom stereocenters. The molecule has 0 aliphatic heterocycles. The Hall–Kier alpha value is -4.37. The summed E-state index contributed by atoms with van der Waals surface area (Å²) in [5, 5.41) is 12.0. The number of aromatic nitrogens is 2. The van der Waals surface area contributed by atoms with Gasteiger partial charge in [0.2, 0.25) is 5.91 Å². The number of nitrogens with zero attached hydrogens (tertiary/aromatic N) is 1. The molecule has 9 nitrogen and oxygen atoms in total. The molecule has 9 heteroatoms. The predicted octanol–water partition coefficient (Wildman–Crippen LogP) is 4.51. The molecule has 0 spiro atoms. The lowest BCUT2D eigenvalue weighted by Gasteiger charge is -2.13. The molecule has 4 rings (SSSR count). The average molecular weight is 503 g/mol. The number of fused-ring (bicyclic) bond motifs is 1. The molecule has 0 saturated carbocycles. The van der Waals surface area contributed by atoms with Crippen molar-refractivity contribution in [3.8, 4) is 22.6 Å². The lowest BCUT2D eigenvalue weighted by Crippen LogP contribution is -2.25. The molecule has 4 aromatic rings. The molecule has 2 heterocycles. The van der Waals surface area contributed by atoms with Gasteiger partial charge in [0.1, 0.15) is 22.7 Å². The summed E-state index contributed by atoms with van der Waals surface area (Å²) in [5.74, 6) is 0.642. The van der Waals surface area contributed by atoms with Gasteiger partial charge in [-0.3, -0.25) is 19.6 Å². The Morgan fingerprint density at radius 1 is 0.973 bits per heavy atom. The fourth-order valence-corrected chi connectivity index (χ4v) is 4.18. The quantitative estimate of drug-likeness (QED) is 0.136. The molecule has 0 radical (unpaired) electrons. The summed E-state index contributed by atoms with van der Waals surface area (Å²) in [4.78, 5) is 39.7. The second-order valence-electron chi connectivity index (χ2n) is 8.80. The van der Waals surface area contributed by atoms with Crippen molar-refractivity contribution in [3.63, 3.8) is 0 Å². The van der Waals surface area contributed by atoms with Crippen LogP contribution in [0.2, 0.25) is 0 Å². The Bertz CT molecular complexity index is 1440. The molecule has 2 aromatic heterocycles. The number of benzene rings is 2. The van der Waals surface area contributed by atoms with E-state index < -0.39 is 5.91 Å². The smallest absolute Gasteiger partial charge is 0.274 e. The predicted molar refractivity (Wildman–Crippen MR) is 141 cm³/mol. The maximum Gasteiger partial charge on any atom is 0.274 e. The molecule has 0 bridgehead atoms. The van der Waals surface area contributed by atoms with Gasteiger partial charge in [0.15, 0.2) is 0 Å². The Balaban J connectivity index is 1.52. The third kappa shape index (κ3) is 6.25. The van der Waals surface area contributed by atoms with E-state index in [0.29, 0.717) is 41.1 Å². The van der Waals surface area contributed by atoms with Crippen LogP contribution in [-0.2, 0) is 11.8 Å². The number of carbonyl (C=O) groups excluding carboxylic acids is 2. The number of aromatic amines is 1. The minimum Gasteiger partial charge on any atom is -0.457 e. The molecule has 2 aromatic carbocycles. The Labute approximate surface area is 214 Å². The summed E-state index contributed by atoms with van der Waals surface area (Å²) >= 11 is 0. The van der Waals surface area contributed by atoms with Crippen LogP contribution in [0.5, 0.6) is 11.5 Å². The second kappa shape index (κ2) is 12.0. The highest BCUT2D eigenvalue weighted by Gasteiger charge is 2.18. The van der Waals surface area contributed by atoms with Crippen molar-refractivity contribution >= 4 is 22.7 Å². The van der Waals surface area contributed by atoms with Crippen molar-refractivity contribution in [2.75, 3.05) is 6.54 Å². The number of pyridine rings is 1. The molecule has 192 valence electrons. The Kier molecular flexibility index (Phi) is 8.37. The number of carbonyl (C=O) groups is 2. The fourth-order valence-electron chi connectivity index (χ4n) is 4.18. The van der Waals surface area contributed by atoms with Crippen molar-refractivity contribution in [1.29, 1.82) is 0 Å². The molecule has 4 N–H and O–H groups in total. The number of amides is 2. The van der Waals surface area contributed by atoms with E-state index in [1.807, 2.05) is 54.6 Å². The molecular formula is C28H30N4O5. The van der Waals surface area contributed by atoms with E-state index in [-0.39, 0.29) is 17.9 Å². The van der Waals surface area contributed by atoms with Gasteiger partial charge >= 0.3 is 0 Å². The van der Waals surface area contributed by atoms with E-state index in [9.17, 15) is 14.4 Å². The van der Waals surface area contributed by atoms with E-state index in [0.717, 1.165) is 30.4 Å². The van der Waals surface area contributed by atoms with E-state index in [1.54, 1.807) is 24.8 Å². The second-order valence-corrected chi connectivity index (χ2v) is 8.80. The normalized spacial score (nSPS) is 10.9. The van der Waals surface area contributed by atoms with Crippen LogP contribution in [0, 0.1) is 0 Å². The van der Waals surface area contributed by atoms with Gasteiger partial charge in [0.25, 0.3) is 11.5 Å². The summed E-state index contributed by atoms with van der Waals surface area (Å²) in [6.45, 7) is 0.471. The number of nitrogens with one attached hydrogen (secondary N) is 3. The number of rotatable bonds is 11. The first-order chi connectivity index (χ1) is 18.0. The number of hydrogen-bond acceptors (Lipinski definition) is 5. The van der Waals surface area contributed by atoms with Gasteiger partial charge in [0, 0.05) is 42.7 Å². The largest absolute Gasteiger partial charge is 0.457 e. The maximum atomic E-state index is 12.9. The van der Waals surface area contributed by atoms with Crippen LogP contribution in [0.15, 0.2) is 71.7 Å². The van der Waals surface area contributed by atoms with Gasteiger partial charge < -0.3 is 19.6 Å². The first kappa shape index (κ1) is 25.7. The first-order valence-electron chi connectivity index (χ1n) is 12.2. The Morgan fingerprint density at radius 3 is 2.49 bits per heavy atom. The summed E-state index contributed by atoms with van der Waals surface area (Å²) in [5.41, 5.74) is 3.61. The van der Waals surface area contributed by atoms with Crippen molar-refractivity contribution in [2.45, 2.75) is 32.1 Å².